The molecule has 22 atom stereocenters. The van der Waals surface area contributed by atoms with Crippen LogP contribution in [-0.4, -0.2) is 148 Å². The van der Waals surface area contributed by atoms with Gasteiger partial charge >= 0.3 is 17.9 Å². The van der Waals surface area contributed by atoms with Crippen molar-refractivity contribution >= 4 is 17.9 Å². The van der Waals surface area contributed by atoms with Crippen LogP contribution in [0.25, 0.3) is 0 Å². The van der Waals surface area contributed by atoms with E-state index < -0.39 is 109 Å². The van der Waals surface area contributed by atoms with Crippen LogP contribution in [-0.2, 0) is 57.0 Å². The van der Waals surface area contributed by atoms with Gasteiger partial charge in [0.15, 0.2) is 30.9 Å². The first-order valence-electron chi connectivity index (χ1n) is 21.9. The molecular formula is C44H64O17. The van der Waals surface area contributed by atoms with Crippen LogP contribution >= 0.6 is 0 Å². The Hall–Kier alpha value is -2.55. The second kappa shape index (κ2) is 16.5. The van der Waals surface area contributed by atoms with Gasteiger partial charge in [-0.15, -0.1) is 0 Å². The molecule has 4 heterocycles. The lowest BCUT2D eigenvalue weighted by atomic mass is 9.46. The Morgan fingerprint density at radius 2 is 1.52 bits per heavy atom. The first kappa shape index (κ1) is 45.0. The predicted molar refractivity (Wildman–Crippen MR) is 208 cm³/mol. The Morgan fingerprint density at radius 3 is 2.21 bits per heavy atom. The van der Waals surface area contributed by atoms with Crippen LogP contribution in [0.5, 0.6) is 0 Å². The predicted octanol–water partition coefficient (Wildman–Crippen LogP) is 1.57. The van der Waals surface area contributed by atoms with Gasteiger partial charge in [0.25, 0.3) is 0 Å². The van der Waals surface area contributed by atoms with E-state index in [-0.39, 0.29) is 60.7 Å². The van der Waals surface area contributed by atoms with Gasteiger partial charge in [-0.05, 0) is 73.7 Å². The Balaban J connectivity index is 1.05. The van der Waals surface area contributed by atoms with E-state index in [1.165, 1.54) is 6.92 Å². The van der Waals surface area contributed by atoms with Gasteiger partial charge < -0.3 is 68.2 Å². The van der Waals surface area contributed by atoms with Gasteiger partial charge in [-0.3, -0.25) is 14.4 Å². The van der Waals surface area contributed by atoms with Crippen molar-refractivity contribution in [2.75, 3.05) is 13.2 Å². The van der Waals surface area contributed by atoms with Crippen LogP contribution < -0.4 is 0 Å². The van der Waals surface area contributed by atoms with Crippen LogP contribution in [0.1, 0.15) is 87.0 Å². The summed E-state index contributed by atoms with van der Waals surface area (Å²) in [4.78, 5) is 36.8. The first-order chi connectivity index (χ1) is 28.7. The van der Waals surface area contributed by atoms with Crippen molar-refractivity contribution < 1.29 is 82.5 Å². The van der Waals surface area contributed by atoms with Crippen molar-refractivity contribution in [2.45, 2.75) is 179 Å². The van der Waals surface area contributed by atoms with Gasteiger partial charge in [0, 0.05) is 38.5 Å². The van der Waals surface area contributed by atoms with Crippen molar-refractivity contribution in [3.8, 4) is 0 Å². The van der Waals surface area contributed by atoms with Crippen LogP contribution in [0.2, 0.25) is 0 Å². The minimum atomic E-state index is -1.58. The molecule has 8 rings (SSSR count). The number of aliphatic hydroxyl groups is 5. The SMILES string of the molecule is C=C1CO[C@@]2(O[C@H]3CC4C5CC=C6C[C@@H](O)C[C@@H](O[C@@H]7OC[C@H](O)[C@H](O)[C@H]7O[C@@H]7O[C@@H](C)[C@H](OC(C)=O)[C@@H](OC(C)=O)[C@H]7OC(C)=O)[C@]6(C)C5CC[C@]4(C)[C@H]3[C@@H]2C)[C@@H](O)[C@H]1O. The third-order valence-corrected chi connectivity index (χ3v) is 16.0. The average molecular weight is 865 g/mol. The van der Waals surface area contributed by atoms with Crippen molar-refractivity contribution in [3.63, 3.8) is 0 Å². The van der Waals surface area contributed by atoms with Crippen molar-refractivity contribution in [1.82, 2.24) is 0 Å². The Labute approximate surface area is 355 Å². The molecular weight excluding hydrogens is 800 g/mol. The standard InChI is InChI=1S/C44H64O17/c1-18-16-54-44(39(52)33(18)50)19(2)32-30(61-44)15-28-26-10-9-24-13-25(48)14-31(43(24,8)27(26)11-12-42(28,32)7)59-40-36(34(51)29(49)17-53-40)60-41-38(58-23(6)47)37(57-22(5)46)35(20(3)55-41)56-21(4)45/h9,19-20,25-41,48-52H,1,10-17H2,2-8H3/t19-,20-,25+,26?,27?,28?,29-,30-,31+,32-,33-,34-,35-,36+,37+,38+,39-,40-,41-,42-,43-,44-/m0/s1. The molecule has 3 unspecified atom stereocenters. The summed E-state index contributed by atoms with van der Waals surface area (Å²) in [5, 5.41) is 55.8. The van der Waals surface area contributed by atoms with E-state index >= 15 is 0 Å². The van der Waals surface area contributed by atoms with Crippen LogP contribution in [0, 0.1) is 40.4 Å². The van der Waals surface area contributed by atoms with Gasteiger partial charge in [-0.25, -0.2) is 0 Å². The summed E-state index contributed by atoms with van der Waals surface area (Å²) in [6, 6.07) is 0. The van der Waals surface area contributed by atoms with Gasteiger partial charge in [0.2, 0.25) is 5.79 Å². The number of hydrogen-bond donors (Lipinski definition) is 5. The number of fused-ring (bicyclic) bond motifs is 7. The molecule has 0 aromatic carbocycles. The molecule has 17 heteroatoms. The van der Waals surface area contributed by atoms with Gasteiger partial charge in [0.05, 0.1) is 37.6 Å². The molecule has 0 radical (unpaired) electrons. The molecule has 61 heavy (non-hydrogen) atoms. The number of ether oxygens (including phenoxy) is 9. The smallest absolute Gasteiger partial charge is 0.303 e. The molecule has 7 fully saturated rings. The summed E-state index contributed by atoms with van der Waals surface area (Å²) < 4.78 is 55.0. The number of carbonyl (C=O) groups is 3. The minimum absolute atomic E-state index is 0.0804. The second-order valence-corrected chi connectivity index (χ2v) is 19.4. The molecule has 0 bridgehead atoms. The zero-order valence-electron chi connectivity index (χ0n) is 36.0. The molecule has 4 saturated heterocycles. The number of aliphatic hydroxyl groups excluding tert-OH is 5. The lowest BCUT2D eigenvalue weighted by Crippen LogP contribution is -2.65. The summed E-state index contributed by atoms with van der Waals surface area (Å²) in [6.45, 7) is 15.3. The third kappa shape index (κ3) is 7.40. The molecule has 0 amide bonds. The lowest BCUT2D eigenvalue weighted by molar-refractivity contribution is -0.363. The van der Waals surface area contributed by atoms with E-state index in [1.807, 2.05) is 0 Å². The molecule has 8 aliphatic rings. The van der Waals surface area contributed by atoms with E-state index in [0.717, 1.165) is 45.1 Å². The highest BCUT2D eigenvalue weighted by Gasteiger charge is 2.72. The number of rotatable bonds is 7. The molecule has 0 aromatic rings. The fourth-order valence-corrected chi connectivity index (χ4v) is 13.3. The maximum atomic E-state index is 12.4. The Morgan fingerprint density at radius 1 is 0.852 bits per heavy atom. The molecule has 4 aliphatic carbocycles. The maximum Gasteiger partial charge on any atom is 0.303 e. The first-order valence-corrected chi connectivity index (χ1v) is 21.9. The quantitative estimate of drug-likeness (QED) is 0.139. The van der Waals surface area contributed by atoms with Crippen LogP contribution in [0.3, 0.4) is 0 Å². The fraction of sp³-hybridized carbons (Fsp3) is 0.841. The second-order valence-electron chi connectivity index (χ2n) is 19.4. The van der Waals surface area contributed by atoms with Crippen LogP contribution in [0.4, 0.5) is 0 Å². The van der Waals surface area contributed by atoms with E-state index in [2.05, 4.69) is 33.4 Å². The molecule has 3 saturated carbocycles. The highest BCUT2D eigenvalue weighted by atomic mass is 16.8. The van der Waals surface area contributed by atoms with Gasteiger partial charge in [0.1, 0.15) is 30.5 Å². The monoisotopic (exact) mass is 864 g/mol. The zero-order chi connectivity index (χ0) is 44.1. The summed E-state index contributed by atoms with van der Waals surface area (Å²) >= 11 is 0. The average Bonchev–Trinajstić information content (AvgIpc) is 3.64. The molecule has 17 nitrogen and oxygen atoms in total. The number of hydrogen-bond acceptors (Lipinski definition) is 17. The third-order valence-electron chi connectivity index (χ3n) is 16.0. The zero-order valence-corrected chi connectivity index (χ0v) is 36.0. The van der Waals surface area contributed by atoms with E-state index in [1.54, 1.807) is 6.92 Å². The highest BCUT2D eigenvalue weighted by molar-refractivity contribution is 5.68. The Bertz CT molecular complexity index is 1750. The molecule has 342 valence electrons. The topological polar surface area (TPSA) is 235 Å². The Kier molecular flexibility index (Phi) is 12.2. The molecule has 5 N–H and O–H groups in total. The van der Waals surface area contributed by atoms with Crippen LogP contribution in [0.15, 0.2) is 23.8 Å². The highest BCUT2D eigenvalue weighted by Crippen LogP contribution is 2.71. The minimum Gasteiger partial charge on any atom is -0.456 e. The van der Waals surface area contributed by atoms with Crippen molar-refractivity contribution in [2.24, 2.45) is 40.4 Å². The van der Waals surface area contributed by atoms with E-state index in [4.69, 9.17) is 42.6 Å². The van der Waals surface area contributed by atoms with Gasteiger partial charge in [-0.1, -0.05) is 39.0 Å². The van der Waals surface area contributed by atoms with E-state index in [9.17, 15) is 39.9 Å². The van der Waals surface area contributed by atoms with E-state index in [0.29, 0.717) is 12.0 Å². The number of esters is 3. The van der Waals surface area contributed by atoms with Crippen molar-refractivity contribution in [3.05, 3.63) is 23.8 Å². The summed E-state index contributed by atoms with van der Waals surface area (Å²) in [6.07, 6.45) is -9.83. The largest absolute Gasteiger partial charge is 0.456 e. The number of carbonyl (C=O) groups excluding carboxylic acids is 3. The molecule has 4 aliphatic heterocycles. The van der Waals surface area contributed by atoms with Crippen molar-refractivity contribution in [1.29, 1.82) is 0 Å². The fourth-order valence-electron chi connectivity index (χ4n) is 13.3. The summed E-state index contributed by atoms with van der Waals surface area (Å²) in [7, 11) is 0. The number of allylic oxidation sites excluding steroid dienone is 1. The normalized spacial score (nSPS) is 51.6. The molecule has 1 spiro atoms. The summed E-state index contributed by atoms with van der Waals surface area (Å²) in [5.41, 5.74) is 0.786. The summed E-state index contributed by atoms with van der Waals surface area (Å²) in [5.74, 6) is -3.03. The lowest BCUT2D eigenvalue weighted by Gasteiger charge is -2.60. The van der Waals surface area contributed by atoms with Gasteiger partial charge in [-0.2, -0.15) is 0 Å². The maximum absolute atomic E-state index is 12.4. The molecule has 0 aromatic heterocycles.